The maximum absolute atomic E-state index is 5.24. The van der Waals surface area contributed by atoms with Crippen molar-refractivity contribution in [2.75, 3.05) is 13.2 Å². The zero-order valence-corrected chi connectivity index (χ0v) is 7.36. The second-order valence-electron chi connectivity index (χ2n) is 3.58. The van der Waals surface area contributed by atoms with Gasteiger partial charge in [0.25, 0.3) is 0 Å². The van der Waals surface area contributed by atoms with E-state index < -0.39 is 0 Å². The third-order valence-corrected chi connectivity index (χ3v) is 2.64. The van der Waals surface area contributed by atoms with Crippen molar-refractivity contribution in [1.29, 1.82) is 0 Å². The van der Waals surface area contributed by atoms with Gasteiger partial charge in [0.05, 0.1) is 19.5 Å². The standard InChI is InChI=1S/C9H14N2O/c1-2-9(6-12-7-9)5-11-4-3-10-8-11/h3-4,8H,2,5-7H2,1H3. The molecule has 1 fully saturated rings. The Morgan fingerprint density at radius 1 is 1.58 bits per heavy atom. The predicted octanol–water partition coefficient (Wildman–Crippen LogP) is 1.31. The highest BCUT2D eigenvalue weighted by Crippen LogP contribution is 2.32. The Balaban J connectivity index is 2.01. The maximum atomic E-state index is 5.24. The summed E-state index contributed by atoms with van der Waals surface area (Å²) in [5.74, 6) is 0. The minimum atomic E-state index is 0.390. The van der Waals surface area contributed by atoms with Crippen LogP contribution in [-0.4, -0.2) is 22.8 Å². The van der Waals surface area contributed by atoms with Crippen LogP contribution in [0.2, 0.25) is 0 Å². The third kappa shape index (κ3) is 1.25. The minimum Gasteiger partial charge on any atom is -0.380 e. The molecule has 2 rings (SSSR count). The van der Waals surface area contributed by atoms with Gasteiger partial charge in [0.15, 0.2) is 0 Å². The Morgan fingerprint density at radius 2 is 2.42 bits per heavy atom. The van der Waals surface area contributed by atoms with Crippen LogP contribution in [0.15, 0.2) is 18.7 Å². The fourth-order valence-corrected chi connectivity index (χ4v) is 1.57. The van der Waals surface area contributed by atoms with E-state index in [4.69, 9.17) is 4.74 Å². The van der Waals surface area contributed by atoms with E-state index in [1.165, 1.54) is 6.42 Å². The highest BCUT2D eigenvalue weighted by atomic mass is 16.5. The zero-order chi connectivity index (χ0) is 8.44. The summed E-state index contributed by atoms with van der Waals surface area (Å²) in [6.45, 7) is 5.08. The monoisotopic (exact) mass is 166 g/mol. The van der Waals surface area contributed by atoms with Crippen LogP contribution in [0.25, 0.3) is 0 Å². The van der Waals surface area contributed by atoms with Crippen LogP contribution in [-0.2, 0) is 11.3 Å². The quantitative estimate of drug-likeness (QED) is 0.677. The summed E-state index contributed by atoms with van der Waals surface area (Å²) in [5.41, 5.74) is 0.390. The molecular weight excluding hydrogens is 152 g/mol. The average molecular weight is 166 g/mol. The summed E-state index contributed by atoms with van der Waals surface area (Å²) >= 11 is 0. The van der Waals surface area contributed by atoms with E-state index in [1.54, 1.807) is 0 Å². The molecule has 1 saturated heterocycles. The first-order chi connectivity index (χ1) is 5.85. The number of aromatic nitrogens is 2. The second kappa shape index (κ2) is 2.90. The first kappa shape index (κ1) is 7.80. The van der Waals surface area contributed by atoms with Gasteiger partial charge in [0, 0.05) is 24.4 Å². The van der Waals surface area contributed by atoms with Crippen molar-refractivity contribution in [2.24, 2.45) is 5.41 Å². The van der Waals surface area contributed by atoms with Gasteiger partial charge in [-0.1, -0.05) is 6.92 Å². The number of hydrogen-bond acceptors (Lipinski definition) is 2. The SMILES string of the molecule is CCC1(Cn2ccnc2)COC1. The number of rotatable bonds is 3. The van der Waals surface area contributed by atoms with E-state index in [9.17, 15) is 0 Å². The Labute approximate surface area is 72.4 Å². The van der Waals surface area contributed by atoms with Crippen LogP contribution < -0.4 is 0 Å². The van der Waals surface area contributed by atoms with Gasteiger partial charge in [0.1, 0.15) is 0 Å². The van der Waals surface area contributed by atoms with E-state index in [0.29, 0.717) is 5.41 Å². The summed E-state index contributed by atoms with van der Waals surface area (Å²) in [5, 5.41) is 0. The Morgan fingerprint density at radius 3 is 2.83 bits per heavy atom. The Kier molecular flexibility index (Phi) is 1.89. The predicted molar refractivity (Wildman–Crippen MR) is 45.8 cm³/mol. The van der Waals surface area contributed by atoms with Gasteiger partial charge in [-0.3, -0.25) is 0 Å². The molecule has 12 heavy (non-hydrogen) atoms. The third-order valence-electron chi connectivity index (χ3n) is 2.64. The lowest BCUT2D eigenvalue weighted by atomic mass is 9.83. The molecule has 66 valence electrons. The van der Waals surface area contributed by atoms with E-state index in [1.807, 2.05) is 18.7 Å². The van der Waals surface area contributed by atoms with Gasteiger partial charge in [-0.2, -0.15) is 0 Å². The molecule has 0 unspecified atom stereocenters. The van der Waals surface area contributed by atoms with Crippen LogP contribution in [0.4, 0.5) is 0 Å². The molecule has 0 spiro atoms. The van der Waals surface area contributed by atoms with Gasteiger partial charge in [-0.25, -0.2) is 4.98 Å². The van der Waals surface area contributed by atoms with Crippen molar-refractivity contribution in [3.05, 3.63) is 18.7 Å². The Bertz CT molecular complexity index is 234. The van der Waals surface area contributed by atoms with E-state index in [2.05, 4.69) is 16.5 Å². The van der Waals surface area contributed by atoms with Crippen molar-refractivity contribution < 1.29 is 4.74 Å². The van der Waals surface area contributed by atoms with Crippen molar-refractivity contribution in [3.63, 3.8) is 0 Å². The van der Waals surface area contributed by atoms with Crippen LogP contribution in [0.1, 0.15) is 13.3 Å². The molecule has 1 aliphatic heterocycles. The van der Waals surface area contributed by atoms with Crippen LogP contribution >= 0.6 is 0 Å². The van der Waals surface area contributed by atoms with Gasteiger partial charge < -0.3 is 9.30 Å². The molecule has 0 aromatic carbocycles. The van der Waals surface area contributed by atoms with Crippen LogP contribution in [0.5, 0.6) is 0 Å². The van der Waals surface area contributed by atoms with Gasteiger partial charge >= 0.3 is 0 Å². The fourth-order valence-electron chi connectivity index (χ4n) is 1.57. The normalized spacial score (nSPS) is 20.4. The van der Waals surface area contributed by atoms with Crippen LogP contribution in [0, 0.1) is 5.41 Å². The average Bonchev–Trinajstić information content (AvgIpc) is 2.49. The van der Waals surface area contributed by atoms with Crippen molar-refractivity contribution in [3.8, 4) is 0 Å². The molecule has 0 bridgehead atoms. The number of hydrogen-bond donors (Lipinski definition) is 0. The first-order valence-electron chi connectivity index (χ1n) is 4.38. The lowest BCUT2D eigenvalue weighted by Crippen LogP contribution is -2.45. The number of imidazole rings is 1. The van der Waals surface area contributed by atoms with Crippen LogP contribution in [0.3, 0.4) is 0 Å². The Hall–Kier alpha value is -0.830. The number of nitrogens with zero attached hydrogens (tertiary/aromatic N) is 2. The minimum absolute atomic E-state index is 0.390. The second-order valence-corrected chi connectivity index (χ2v) is 3.58. The summed E-state index contributed by atoms with van der Waals surface area (Å²) in [7, 11) is 0. The van der Waals surface area contributed by atoms with E-state index >= 15 is 0 Å². The van der Waals surface area contributed by atoms with Crippen molar-refractivity contribution in [2.45, 2.75) is 19.9 Å². The zero-order valence-electron chi connectivity index (χ0n) is 7.36. The molecular formula is C9H14N2O. The molecule has 3 nitrogen and oxygen atoms in total. The molecule has 0 saturated carbocycles. The summed E-state index contributed by atoms with van der Waals surface area (Å²) < 4.78 is 7.38. The molecule has 0 aliphatic carbocycles. The van der Waals surface area contributed by atoms with Gasteiger partial charge in [0.2, 0.25) is 0 Å². The number of ether oxygens (including phenoxy) is 1. The molecule has 0 N–H and O–H groups in total. The first-order valence-corrected chi connectivity index (χ1v) is 4.38. The van der Waals surface area contributed by atoms with Gasteiger partial charge in [-0.15, -0.1) is 0 Å². The molecule has 2 heterocycles. The van der Waals surface area contributed by atoms with Crippen molar-refractivity contribution >= 4 is 0 Å². The summed E-state index contributed by atoms with van der Waals surface area (Å²) in [6, 6.07) is 0. The highest BCUT2D eigenvalue weighted by molar-refractivity contribution is 4.87. The van der Waals surface area contributed by atoms with Gasteiger partial charge in [-0.05, 0) is 6.42 Å². The lowest BCUT2D eigenvalue weighted by Gasteiger charge is -2.40. The maximum Gasteiger partial charge on any atom is 0.0946 e. The molecule has 1 aromatic heterocycles. The smallest absolute Gasteiger partial charge is 0.0946 e. The molecule has 0 amide bonds. The molecule has 3 heteroatoms. The highest BCUT2D eigenvalue weighted by Gasteiger charge is 2.36. The van der Waals surface area contributed by atoms with E-state index in [-0.39, 0.29) is 0 Å². The summed E-state index contributed by atoms with van der Waals surface area (Å²) in [4.78, 5) is 4.02. The largest absolute Gasteiger partial charge is 0.380 e. The fraction of sp³-hybridized carbons (Fsp3) is 0.667. The summed E-state index contributed by atoms with van der Waals surface area (Å²) in [6.07, 6.45) is 6.89. The molecule has 1 aliphatic rings. The lowest BCUT2D eigenvalue weighted by molar-refractivity contribution is -0.123. The molecule has 0 radical (unpaired) electrons. The van der Waals surface area contributed by atoms with E-state index in [0.717, 1.165) is 19.8 Å². The molecule has 1 aromatic rings. The molecule has 0 atom stereocenters. The van der Waals surface area contributed by atoms with Crippen molar-refractivity contribution in [1.82, 2.24) is 9.55 Å². The topological polar surface area (TPSA) is 27.1 Å².